The Morgan fingerprint density at radius 3 is 2.00 bits per heavy atom. The molecule has 4 rings (SSSR count). The van der Waals surface area contributed by atoms with Crippen LogP contribution in [0, 0.1) is 0 Å². The number of benzene rings is 3. The van der Waals surface area contributed by atoms with Gasteiger partial charge in [0.15, 0.2) is 5.71 Å². The molecule has 0 atom stereocenters. The van der Waals surface area contributed by atoms with Crippen molar-refractivity contribution in [3.8, 4) is 0 Å². The van der Waals surface area contributed by atoms with E-state index in [1.165, 1.54) is 39.0 Å². The molecule has 0 aliphatic carbocycles. The van der Waals surface area contributed by atoms with E-state index in [4.69, 9.17) is 0 Å². The molecule has 0 amide bonds. The van der Waals surface area contributed by atoms with Crippen LogP contribution in [0.15, 0.2) is 66.7 Å². The van der Waals surface area contributed by atoms with E-state index in [9.17, 15) is 0 Å². The molecule has 0 aromatic heterocycles. The minimum atomic E-state index is -0.0197. The lowest BCUT2D eigenvalue weighted by molar-refractivity contribution is -0.399. The maximum Gasteiger partial charge on any atom is 0.217 e. The Morgan fingerprint density at radius 2 is 1.39 bits per heavy atom. The van der Waals surface area contributed by atoms with Crippen molar-refractivity contribution in [1.82, 2.24) is 0 Å². The van der Waals surface area contributed by atoms with Crippen LogP contribution in [0.25, 0.3) is 16.8 Å². The number of hydrogen-bond donors (Lipinski definition) is 0. The number of hydrogen-bond acceptors (Lipinski definition) is 1. The molecule has 0 saturated carbocycles. The van der Waals surface area contributed by atoms with Crippen molar-refractivity contribution < 1.29 is 4.58 Å². The van der Waals surface area contributed by atoms with E-state index in [1.807, 2.05) is 27.7 Å². The predicted molar refractivity (Wildman–Crippen MR) is 140 cm³/mol. The van der Waals surface area contributed by atoms with Crippen LogP contribution in [0.4, 0.5) is 11.4 Å². The van der Waals surface area contributed by atoms with Gasteiger partial charge in [-0.2, -0.15) is 4.58 Å². The summed E-state index contributed by atoms with van der Waals surface area (Å²) in [5.41, 5.74) is 6.47. The van der Waals surface area contributed by atoms with Crippen LogP contribution >= 0.6 is 0 Å². The van der Waals surface area contributed by atoms with Gasteiger partial charge < -0.3 is 4.90 Å². The molecule has 1 aliphatic heterocycles. The van der Waals surface area contributed by atoms with Crippen LogP contribution in [0.3, 0.4) is 0 Å². The molecule has 31 heavy (non-hydrogen) atoms. The summed E-state index contributed by atoms with van der Waals surface area (Å²) in [5.74, 6) is 0. The Balaban J connectivity index is 0.000000807. The van der Waals surface area contributed by atoms with Crippen LogP contribution in [0.1, 0.15) is 52.7 Å². The molecule has 2 heteroatoms. The van der Waals surface area contributed by atoms with Crippen molar-refractivity contribution in [2.75, 3.05) is 26.0 Å². The second-order valence-corrected chi connectivity index (χ2v) is 8.07. The smallest absolute Gasteiger partial charge is 0.217 e. The quantitative estimate of drug-likeness (QED) is 0.398. The minimum Gasteiger partial charge on any atom is -0.378 e. The summed E-state index contributed by atoms with van der Waals surface area (Å²) in [5, 5.41) is 2.62. The van der Waals surface area contributed by atoms with Gasteiger partial charge in [-0.05, 0) is 49.1 Å². The van der Waals surface area contributed by atoms with Gasteiger partial charge >= 0.3 is 0 Å². The van der Waals surface area contributed by atoms with Gasteiger partial charge in [-0.25, -0.2) is 0 Å². The Bertz CT molecular complexity index is 1070. The molecule has 164 valence electrons. The Hall–Kier alpha value is -2.87. The van der Waals surface area contributed by atoms with E-state index in [-0.39, 0.29) is 5.41 Å². The summed E-state index contributed by atoms with van der Waals surface area (Å²) in [4.78, 5) is 2.12. The largest absolute Gasteiger partial charge is 0.378 e. The highest BCUT2D eigenvalue weighted by Crippen LogP contribution is 2.43. The molecule has 0 fully saturated rings. The van der Waals surface area contributed by atoms with E-state index >= 15 is 0 Å². The van der Waals surface area contributed by atoms with Gasteiger partial charge in [0, 0.05) is 31.4 Å². The monoisotopic (exact) mass is 415 g/mol. The maximum atomic E-state index is 2.36. The molecule has 3 aromatic rings. The van der Waals surface area contributed by atoms with E-state index in [1.54, 1.807) is 0 Å². The third-order valence-corrected chi connectivity index (χ3v) is 5.75. The maximum absolute atomic E-state index is 2.36. The van der Waals surface area contributed by atoms with Crippen molar-refractivity contribution in [3.05, 3.63) is 77.9 Å². The average molecular weight is 416 g/mol. The normalized spacial score (nSPS) is 14.0. The van der Waals surface area contributed by atoms with Crippen LogP contribution in [0.2, 0.25) is 0 Å². The van der Waals surface area contributed by atoms with Crippen molar-refractivity contribution in [1.29, 1.82) is 0 Å². The lowest BCUT2D eigenvalue weighted by Crippen LogP contribution is -2.26. The zero-order chi connectivity index (χ0) is 23.2. The highest BCUT2D eigenvalue weighted by Gasteiger charge is 2.43. The standard InChI is InChI=1S/C25H27N2.2C2H6/c1-25(2)22-16-13-19-8-6-7-9-21(19)24(22)27(5)23(25)17-12-18-10-14-20(15-11-18)26(3)4;2*1-2/h6-17H,1-5H3;2*1-2H3/q+1;;. The van der Waals surface area contributed by atoms with E-state index in [2.05, 4.69) is 117 Å². The molecule has 0 bridgehead atoms. The third-order valence-electron chi connectivity index (χ3n) is 5.75. The summed E-state index contributed by atoms with van der Waals surface area (Å²) in [7, 11) is 6.32. The third kappa shape index (κ3) is 4.74. The fourth-order valence-electron chi connectivity index (χ4n) is 4.18. The van der Waals surface area contributed by atoms with Gasteiger partial charge in [0.25, 0.3) is 0 Å². The molecular weight excluding hydrogens is 376 g/mol. The van der Waals surface area contributed by atoms with Crippen molar-refractivity contribution in [3.63, 3.8) is 0 Å². The molecule has 0 saturated heterocycles. The Morgan fingerprint density at radius 1 is 0.774 bits per heavy atom. The number of anilines is 1. The zero-order valence-electron chi connectivity index (χ0n) is 20.8. The molecule has 1 heterocycles. The van der Waals surface area contributed by atoms with Gasteiger partial charge in [-0.3, -0.25) is 0 Å². The highest BCUT2D eigenvalue weighted by molar-refractivity contribution is 6.08. The summed E-state index contributed by atoms with van der Waals surface area (Å²) in [6.07, 6.45) is 4.50. The predicted octanol–water partition coefficient (Wildman–Crippen LogP) is 7.68. The molecule has 1 aliphatic rings. The fraction of sp³-hybridized carbons (Fsp3) is 0.345. The average Bonchev–Trinajstić information content (AvgIpc) is 3.00. The first kappa shape index (κ1) is 24.4. The zero-order valence-corrected chi connectivity index (χ0v) is 20.8. The van der Waals surface area contributed by atoms with E-state index in [0.29, 0.717) is 0 Å². The van der Waals surface area contributed by atoms with Gasteiger partial charge in [0.2, 0.25) is 5.69 Å². The Labute approximate surface area is 189 Å². The molecule has 0 unspecified atom stereocenters. The van der Waals surface area contributed by atoms with Crippen molar-refractivity contribution >= 4 is 33.9 Å². The van der Waals surface area contributed by atoms with E-state index in [0.717, 1.165) is 0 Å². The summed E-state index contributed by atoms with van der Waals surface area (Å²) in [6.45, 7) is 12.6. The lowest BCUT2D eigenvalue weighted by atomic mass is 9.80. The molecule has 0 radical (unpaired) electrons. The van der Waals surface area contributed by atoms with Crippen molar-refractivity contribution in [2.24, 2.45) is 0 Å². The number of allylic oxidation sites excluding steroid dienone is 1. The second kappa shape index (κ2) is 10.4. The molecule has 3 aromatic carbocycles. The van der Waals surface area contributed by atoms with E-state index < -0.39 is 0 Å². The molecule has 0 N–H and O–H groups in total. The molecular formula is C29H39N2+. The summed E-state index contributed by atoms with van der Waals surface area (Å²) in [6, 6.07) is 21.9. The number of fused-ring (bicyclic) bond motifs is 3. The van der Waals surface area contributed by atoms with Gasteiger partial charge in [-0.1, -0.05) is 70.2 Å². The number of rotatable bonds is 3. The fourth-order valence-corrected chi connectivity index (χ4v) is 4.18. The highest BCUT2D eigenvalue weighted by atomic mass is 15.1. The SMILES string of the molecule is CC.CC.CN(C)c1ccc(C=CC2=[N+](C)c3c(ccc4ccccc34)C2(C)C)cc1. The molecule has 0 spiro atoms. The van der Waals surface area contributed by atoms with Crippen molar-refractivity contribution in [2.45, 2.75) is 47.0 Å². The van der Waals surface area contributed by atoms with Crippen LogP contribution in [-0.4, -0.2) is 31.4 Å². The number of nitrogens with zero attached hydrogens (tertiary/aromatic N) is 2. The summed E-state index contributed by atoms with van der Waals surface area (Å²) >= 11 is 0. The van der Waals surface area contributed by atoms with Crippen LogP contribution in [-0.2, 0) is 5.41 Å². The van der Waals surface area contributed by atoms with Gasteiger partial charge in [-0.15, -0.1) is 0 Å². The first-order chi connectivity index (χ1) is 14.9. The minimum absolute atomic E-state index is 0.0197. The van der Waals surface area contributed by atoms with Gasteiger partial charge in [0.1, 0.15) is 7.05 Å². The topological polar surface area (TPSA) is 6.25 Å². The van der Waals surface area contributed by atoms with Crippen LogP contribution in [0.5, 0.6) is 0 Å². The first-order valence-electron chi connectivity index (χ1n) is 11.5. The summed E-state index contributed by atoms with van der Waals surface area (Å²) < 4.78 is 2.36. The Kier molecular flexibility index (Phi) is 8.21. The first-order valence-corrected chi connectivity index (χ1v) is 11.5. The molecule has 2 nitrogen and oxygen atoms in total. The lowest BCUT2D eigenvalue weighted by Gasteiger charge is -2.15. The van der Waals surface area contributed by atoms with Crippen LogP contribution < -0.4 is 4.90 Å². The second-order valence-electron chi connectivity index (χ2n) is 8.07. The van der Waals surface area contributed by atoms with Gasteiger partial charge in [0.05, 0.1) is 10.8 Å².